The average molecular weight is 267 g/mol. The van der Waals surface area contributed by atoms with Crippen LogP contribution in [0.25, 0.3) is 0 Å². The Balaban J connectivity index is 2.44. The van der Waals surface area contributed by atoms with E-state index in [1.54, 1.807) is 12.1 Å². The van der Waals surface area contributed by atoms with Gasteiger partial charge in [0.2, 0.25) is 5.91 Å². The zero-order chi connectivity index (χ0) is 14.4. The third-order valence-corrected chi connectivity index (χ3v) is 2.54. The number of nitrogens with two attached hydrogens (primary N) is 2. The molecule has 19 heavy (non-hydrogen) atoms. The number of carbonyl (C=O) groups excluding carboxylic acids is 1. The number of nitrogens with one attached hydrogen (secondary N) is 1. The lowest BCUT2D eigenvalue weighted by Crippen LogP contribution is -2.48. The predicted octanol–water partition coefficient (Wildman–Crippen LogP) is -1.21. The fraction of sp³-hybridized carbons (Fsp3) is 0.333. The van der Waals surface area contributed by atoms with Crippen molar-refractivity contribution in [2.45, 2.75) is 18.5 Å². The largest absolute Gasteiger partial charge is 0.508 e. The number of carboxylic acid groups (broad SMARTS) is 1. The van der Waals surface area contributed by atoms with E-state index < -0.39 is 24.0 Å². The summed E-state index contributed by atoms with van der Waals surface area (Å²) >= 11 is 0. The zero-order valence-corrected chi connectivity index (χ0v) is 10.2. The van der Waals surface area contributed by atoms with Gasteiger partial charge >= 0.3 is 5.97 Å². The number of rotatable bonds is 6. The van der Waals surface area contributed by atoms with Gasteiger partial charge in [-0.25, -0.2) is 0 Å². The van der Waals surface area contributed by atoms with E-state index >= 15 is 0 Å². The van der Waals surface area contributed by atoms with Crippen molar-refractivity contribution in [2.75, 3.05) is 6.54 Å². The molecule has 0 radical (unpaired) electrons. The molecule has 0 unspecified atom stereocenters. The molecule has 7 heteroatoms. The van der Waals surface area contributed by atoms with Gasteiger partial charge in [-0.2, -0.15) is 0 Å². The molecule has 104 valence electrons. The van der Waals surface area contributed by atoms with Gasteiger partial charge in [0.05, 0.1) is 6.04 Å². The molecule has 0 aliphatic carbocycles. The minimum Gasteiger partial charge on any atom is -0.508 e. The number of aromatic hydroxyl groups is 1. The van der Waals surface area contributed by atoms with Gasteiger partial charge < -0.3 is 27.0 Å². The van der Waals surface area contributed by atoms with Gasteiger partial charge in [0.15, 0.2) is 0 Å². The van der Waals surface area contributed by atoms with Crippen molar-refractivity contribution < 1.29 is 19.8 Å². The van der Waals surface area contributed by atoms with Crippen molar-refractivity contribution in [1.29, 1.82) is 0 Å². The van der Waals surface area contributed by atoms with Crippen LogP contribution >= 0.6 is 0 Å². The molecule has 7 nitrogen and oxygen atoms in total. The highest BCUT2D eigenvalue weighted by molar-refractivity contribution is 5.82. The quantitative estimate of drug-likeness (QED) is 0.438. The van der Waals surface area contributed by atoms with E-state index in [1.165, 1.54) is 12.1 Å². The molecule has 0 heterocycles. The lowest BCUT2D eigenvalue weighted by Gasteiger charge is -2.13. The summed E-state index contributed by atoms with van der Waals surface area (Å²) in [5.74, 6) is -1.52. The number of hydrogen-bond acceptors (Lipinski definition) is 5. The van der Waals surface area contributed by atoms with Gasteiger partial charge in [0, 0.05) is 6.54 Å². The van der Waals surface area contributed by atoms with E-state index in [-0.39, 0.29) is 18.7 Å². The summed E-state index contributed by atoms with van der Waals surface area (Å²) in [5, 5.41) is 20.1. The summed E-state index contributed by atoms with van der Waals surface area (Å²) in [7, 11) is 0. The fourth-order valence-electron chi connectivity index (χ4n) is 1.41. The second-order valence-electron chi connectivity index (χ2n) is 4.17. The zero-order valence-electron chi connectivity index (χ0n) is 10.2. The van der Waals surface area contributed by atoms with Crippen molar-refractivity contribution in [3.63, 3.8) is 0 Å². The molecule has 0 aliphatic heterocycles. The molecule has 7 N–H and O–H groups in total. The first-order valence-electron chi connectivity index (χ1n) is 5.69. The molecule has 1 aromatic carbocycles. The number of aliphatic carboxylic acids is 1. The second-order valence-corrected chi connectivity index (χ2v) is 4.17. The Kier molecular flexibility index (Phi) is 5.28. The molecule has 1 amide bonds. The maximum Gasteiger partial charge on any atom is 0.322 e. The Morgan fingerprint density at radius 3 is 2.26 bits per heavy atom. The first-order valence-corrected chi connectivity index (χ1v) is 5.69. The monoisotopic (exact) mass is 267 g/mol. The van der Waals surface area contributed by atoms with E-state index in [4.69, 9.17) is 21.7 Å². The van der Waals surface area contributed by atoms with Crippen LogP contribution in [0.15, 0.2) is 24.3 Å². The second kappa shape index (κ2) is 6.72. The van der Waals surface area contributed by atoms with Crippen LogP contribution in [0.5, 0.6) is 5.75 Å². The summed E-state index contributed by atoms with van der Waals surface area (Å²) in [4.78, 5) is 22.1. The molecular formula is C12H17N3O4. The Bertz CT molecular complexity index is 447. The molecule has 2 atom stereocenters. The van der Waals surface area contributed by atoms with Crippen molar-refractivity contribution in [3.05, 3.63) is 29.8 Å². The maximum atomic E-state index is 11.6. The van der Waals surface area contributed by atoms with Gasteiger partial charge in [0.25, 0.3) is 0 Å². The highest BCUT2D eigenvalue weighted by Crippen LogP contribution is 2.10. The van der Waals surface area contributed by atoms with E-state index in [0.717, 1.165) is 5.56 Å². The highest BCUT2D eigenvalue weighted by atomic mass is 16.4. The number of carboxylic acids is 1. The smallest absolute Gasteiger partial charge is 0.322 e. The van der Waals surface area contributed by atoms with Crippen LogP contribution in [-0.4, -0.2) is 40.7 Å². The standard InChI is InChI=1S/C12H17N3O4/c13-9(5-7-1-3-8(16)4-2-7)11(17)15-6-10(14)12(18)19/h1-4,9-10,16H,5-6,13-14H2,(H,15,17)(H,18,19)/t9-,10-/m0/s1. The number of phenolic OH excluding ortho intramolecular Hbond substituents is 1. The van der Waals surface area contributed by atoms with E-state index in [1.807, 2.05) is 0 Å². The Hall–Kier alpha value is -2.12. The molecule has 0 bridgehead atoms. The third-order valence-electron chi connectivity index (χ3n) is 2.54. The number of carbonyl (C=O) groups is 2. The van der Waals surface area contributed by atoms with Gasteiger partial charge in [-0.15, -0.1) is 0 Å². The van der Waals surface area contributed by atoms with Crippen molar-refractivity contribution >= 4 is 11.9 Å². The molecular weight excluding hydrogens is 250 g/mol. The summed E-state index contributed by atoms with van der Waals surface area (Å²) in [5.41, 5.74) is 11.7. The van der Waals surface area contributed by atoms with Crippen LogP contribution < -0.4 is 16.8 Å². The minimum absolute atomic E-state index is 0.134. The summed E-state index contributed by atoms with van der Waals surface area (Å²) in [6, 6.07) is 4.37. The molecule has 0 fully saturated rings. The van der Waals surface area contributed by atoms with Crippen LogP contribution in [0.3, 0.4) is 0 Å². The molecule has 0 spiro atoms. The van der Waals surface area contributed by atoms with Crippen molar-refractivity contribution in [1.82, 2.24) is 5.32 Å². The molecule has 0 aromatic heterocycles. The van der Waals surface area contributed by atoms with E-state index in [2.05, 4.69) is 5.32 Å². The average Bonchev–Trinajstić information content (AvgIpc) is 2.37. The molecule has 0 aliphatic rings. The third kappa shape index (κ3) is 4.94. The molecule has 1 aromatic rings. The van der Waals surface area contributed by atoms with Crippen LogP contribution in [0, 0.1) is 0 Å². The highest BCUT2D eigenvalue weighted by Gasteiger charge is 2.17. The van der Waals surface area contributed by atoms with Gasteiger partial charge in [-0.3, -0.25) is 9.59 Å². The maximum absolute atomic E-state index is 11.6. The summed E-state index contributed by atoms with van der Waals surface area (Å²) < 4.78 is 0. The predicted molar refractivity (Wildman–Crippen MR) is 68.4 cm³/mol. The first-order chi connectivity index (χ1) is 8.90. The van der Waals surface area contributed by atoms with Gasteiger partial charge in [-0.1, -0.05) is 12.1 Å². The van der Waals surface area contributed by atoms with Crippen LogP contribution in [0.2, 0.25) is 0 Å². The number of hydrogen-bond donors (Lipinski definition) is 5. The summed E-state index contributed by atoms with van der Waals surface area (Å²) in [6.45, 7) is -0.169. The lowest BCUT2D eigenvalue weighted by atomic mass is 10.1. The molecule has 0 saturated carbocycles. The minimum atomic E-state index is -1.19. The Morgan fingerprint density at radius 1 is 1.16 bits per heavy atom. The SMILES string of the molecule is N[C@@H](CNC(=O)[C@@H](N)Cc1ccc(O)cc1)C(=O)O. The van der Waals surface area contributed by atoms with Gasteiger partial charge in [0.1, 0.15) is 11.8 Å². The van der Waals surface area contributed by atoms with E-state index in [0.29, 0.717) is 0 Å². The normalized spacial score (nSPS) is 13.6. The van der Waals surface area contributed by atoms with Crippen molar-refractivity contribution in [3.8, 4) is 5.75 Å². The lowest BCUT2D eigenvalue weighted by molar-refractivity contribution is -0.138. The Labute approximate surface area is 110 Å². The van der Waals surface area contributed by atoms with Crippen LogP contribution in [0.1, 0.15) is 5.56 Å². The Morgan fingerprint density at radius 2 is 1.74 bits per heavy atom. The number of benzene rings is 1. The van der Waals surface area contributed by atoms with E-state index in [9.17, 15) is 9.59 Å². The molecule has 0 saturated heterocycles. The number of phenols is 1. The van der Waals surface area contributed by atoms with Crippen LogP contribution in [0.4, 0.5) is 0 Å². The number of amides is 1. The first kappa shape index (κ1) is 14.9. The summed E-state index contributed by atoms with van der Waals surface area (Å²) in [6.07, 6.45) is 0.286. The van der Waals surface area contributed by atoms with Crippen molar-refractivity contribution in [2.24, 2.45) is 11.5 Å². The van der Waals surface area contributed by atoms with Gasteiger partial charge in [-0.05, 0) is 24.1 Å². The fourth-order valence-corrected chi connectivity index (χ4v) is 1.41. The molecule has 1 rings (SSSR count). The van der Waals surface area contributed by atoms with Crippen LogP contribution in [-0.2, 0) is 16.0 Å². The topological polar surface area (TPSA) is 139 Å².